The summed E-state index contributed by atoms with van der Waals surface area (Å²) in [6.45, 7) is 0.830. The van der Waals surface area contributed by atoms with Crippen molar-refractivity contribution in [2.75, 3.05) is 13.2 Å². The molecule has 0 radical (unpaired) electrons. The van der Waals surface area contributed by atoms with Gasteiger partial charge in [-0.3, -0.25) is 9.89 Å². The number of nitrogens with one attached hydrogen (secondary N) is 2. The molecular formula is C15H19N3O2. The zero-order valence-electron chi connectivity index (χ0n) is 11.3. The van der Waals surface area contributed by atoms with Gasteiger partial charge in [-0.15, -0.1) is 0 Å². The predicted octanol–water partition coefficient (Wildman–Crippen LogP) is 1.70. The molecule has 2 unspecified atom stereocenters. The molecule has 1 amide bonds. The van der Waals surface area contributed by atoms with Crippen LogP contribution in [-0.4, -0.2) is 34.4 Å². The summed E-state index contributed by atoms with van der Waals surface area (Å²) in [6, 6.07) is 7.59. The molecule has 1 aromatic heterocycles. The van der Waals surface area contributed by atoms with E-state index in [9.17, 15) is 9.90 Å². The summed E-state index contributed by atoms with van der Waals surface area (Å²) in [6.07, 6.45) is 3.27. The van der Waals surface area contributed by atoms with Gasteiger partial charge in [0.1, 0.15) is 0 Å². The number of aliphatic hydroxyl groups excluding tert-OH is 1. The molecule has 0 aliphatic heterocycles. The lowest BCUT2D eigenvalue weighted by molar-refractivity contribution is 0.0934. The Morgan fingerprint density at radius 2 is 2.15 bits per heavy atom. The van der Waals surface area contributed by atoms with Crippen LogP contribution in [0.2, 0.25) is 0 Å². The van der Waals surface area contributed by atoms with E-state index in [4.69, 9.17) is 0 Å². The second-order valence-electron chi connectivity index (χ2n) is 5.46. The van der Waals surface area contributed by atoms with Crippen molar-refractivity contribution in [1.82, 2.24) is 15.5 Å². The number of aromatic amines is 1. The Labute approximate surface area is 117 Å². The molecule has 1 saturated carbocycles. The average molecular weight is 273 g/mol. The number of aliphatic hydroxyl groups is 1. The van der Waals surface area contributed by atoms with Crippen molar-refractivity contribution in [2.24, 2.45) is 11.8 Å². The van der Waals surface area contributed by atoms with E-state index in [0.717, 1.165) is 30.2 Å². The van der Waals surface area contributed by atoms with E-state index >= 15 is 0 Å². The Balaban J connectivity index is 1.67. The standard InChI is InChI=1S/C15H19N3O2/c19-9-11-5-3-4-10(11)8-16-15(20)14-12-6-1-2-7-13(12)17-18-14/h1-2,6-7,10-11,19H,3-5,8-9H2,(H,16,20)(H,17,18). The van der Waals surface area contributed by atoms with Crippen LogP contribution in [0.4, 0.5) is 0 Å². The van der Waals surface area contributed by atoms with Crippen LogP contribution in [0, 0.1) is 11.8 Å². The first-order valence-corrected chi connectivity index (χ1v) is 7.11. The van der Waals surface area contributed by atoms with Gasteiger partial charge in [0, 0.05) is 18.5 Å². The number of fused-ring (bicyclic) bond motifs is 1. The lowest BCUT2D eigenvalue weighted by Gasteiger charge is -2.17. The first-order chi connectivity index (χ1) is 9.79. The Kier molecular flexibility index (Phi) is 3.69. The third-order valence-electron chi connectivity index (χ3n) is 4.26. The molecule has 2 aromatic rings. The quantitative estimate of drug-likeness (QED) is 0.793. The molecule has 1 aliphatic rings. The maximum absolute atomic E-state index is 12.2. The van der Waals surface area contributed by atoms with Crippen molar-refractivity contribution in [3.63, 3.8) is 0 Å². The minimum atomic E-state index is -0.147. The van der Waals surface area contributed by atoms with E-state index in [0.29, 0.717) is 24.1 Å². The lowest BCUT2D eigenvalue weighted by atomic mass is 9.97. The van der Waals surface area contributed by atoms with E-state index in [-0.39, 0.29) is 12.5 Å². The number of aromatic nitrogens is 2. The number of carbonyl (C=O) groups is 1. The van der Waals surface area contributed by atoms with E-state index in [2.05, 4.69) is 15.5 Å². The fraction of sp³-hybridized carbons (Fsp3) is 0.467. The zero-order chi connectivity index (χ0) is 13.9. The van der Waals surface area contributed by atoms with Gasteiger partial charge in [0.15, 0.2) is 5.69 Å². The second-order valence-corrected chi connectivity index (χ2v) is 5.46. The van der Waals surface area contributed by atoms with Crippen LogP contribution in [0.15, 0.2) is 24.3 Å². The van der Waals surface area contributed by atoms with Gasteiger partial charge in [-0.25, -0.2) is 0 Å². The minimum Gasteiger partial charge on any atom is -0.396 e. The Morgan fingerprint density at radius 1 is 1.35 bits per heavy atom. The van der Waals surface area contributed by atoms with Gasteiger partial charge in [-0.05, 0) is 30.7 Å². The Hall–Kier alpha value is -1.88. The van der Waals surface area contributed by atoms with Crippen molar-refractivity contribution in [2.45, 2.75) is 19.3 Å². The third-order valence-corrected chi connectivity index (χ3v) is 4.26. The molecule has 3 rings (SSSR count). The van der Waals surface area contributed by atoms with Gasteiger partial charge >= 0.3 is 0 Å². The number of para-hydroxylation sites is 1. The van der Waals surface area contributed by atoms with Crippen molar-refractivity contribution in [1.29, 1.82) is 0 Å². The van der Waals surface area contributed by atoms with Gasteiger partial charge in [0.05, 0.1) is 5.52 Å². The summed E-state index contributed by atoms with van der Waals surface area (Å²) in [5.74, 6) is 0.562. The molecular weight excluding hydrogens is 254 g/mol. The number of nitrogens with zero attached hydrogens (tertiary/aromatic N) is 1. The van der Waals surface area contributed by atoms with Crippen LogP contribution in [0.25, 0.3) is 10.9 Å². The highest BCUT2D eigenvalue weighted by molar-refractivity contribution is 6.04. The zero-order valence-corrected chi connectivity index (χ0v) is 11.3. The lowest BCUT2D eigenvalue weighted by Crippen LogP contribution is -2.32. The summed E-state index contributed by atoms with van der Waals surface area (Å²) in [4.78, 5) is 12.2. The van der Waals surface area contributed by atoms with Crippen molar-refractivity contribution in [3.05, 3.63) is 30.0 Å². The highest BCUT2D eigenvalue weighted by Gasteiger charge is 2.27. The predicted molar refractivity (Wildman–Crippen MR) is 76.3 cm³/mol. The van der Waals surface area contributed by atoms with Crippen LogP contribution in [0.5, 0.6) is 0 Å². The number of carbonyl (C=O) groups excluding carboxylic acids is 1. The highest BCUT2D eigenvalue weighted by atomic mass is 16.3. The van der Waals surface area contributed by atoms with Crippen molar-refractivity contribution < 1.29 is 9.90 Å². The van der Waals surface area contributed by atoms with Gasteiger partial charge in [0.2, 0.25) is 0 Å². The minimum absolute atomic E-state index is 0.147. The monoisotopic (exact) mass is 273 g/mol. The summed E-state index contributed by atoms with van der Waals surface area (Å²) >= 11 is 0. The smallest absolute Gasteiger partial charge is 0.272 e. The molecule has 3 N–H and O–H groups in total. The molecule has 1 heterocycles. The number of amides is 1. The molecule has 0 bridgehead atoms. The van der Waals surface area contributed by atoms with Crippen LogP contribution in [0.1, 0.15) is 29.8 Å². The molecule has 106 valence electrons. The molecule has 1 aliphatic carbocycles. The molecule has 20 heavy (non-hydrogen) atoms. The molecule has 0 spiro atoms. The fourth-order valence-corrected chi connectivity index (χ4v) is 3.07. The van der Waals surface area contributed by atoms with Gasteiger partial charge in [-0.2, -0.15) is 5.10 Å². The van der Waals surface area contributed by atoms with Crippen LogP contribution >= 0.6 is 0 Å². The SMILES string of the molecule is O=C(NCC1CCCC1CO)c1n[nH]c2ccccc12. The number of benzene rings is 1. The Morgan fingerprint density at radius 3 is 3.00 bits per heavy atom. The number of hydrogen-bond acceptors (Lipinski definition) is 3. The van der Waals surface area contributed by atoms with Gasteiger partial charge < -0.3 is 10.4 Å². The van der Waals surface area contributed by atoms with Gasteiger partial charge in [-0.1, -0.05) is 24.6 Å². The molecule has 1 fully saturated rings. The average Bonchev–Trinajstić information content (AvgIpc) is 3.11. The molecule has 5 heteroatoms. The molecule has 2 atom stereocenters. The third kappa shape index (κ3) is 2.41. The highest BCUT2D eigenvalue weighted by Crippen LogP contribution is 2.30. The Bertz CT molecular complexity index is 608. The topological polar surface area (TPSA) is 78.0 Å². The summed E-state index contributed by atoms with van der Waals surface area (Å²) in [5.41, 5.74) is 1.31. The van der Waals surface area contributed by atoms with E-state index in [1.807, 2.05) is 24.3 Å². The maximum Gasteiger partial charge on any atom is 0.272 e. The normalized spacial score (nSPS) is 22.2. The summed E-state index contributed by atoms with van der Waals surface area (Å²) in [7, 11) is 0. The summed E-state index contributed by atoms with van der Waals surface area (Å²) in [5, 5.41) is 20.0. The summed E-state index contributed by atoms with van der Waals surface area (Å²) < 4.78 is 0. The maximum atomic E-state index is 12.2. The first-order valence-electron chi connectivity index (χ1n) is 7.11. The first kappa shape index (κ1) is 13.1. The van der Waals surface area contributed by atoms with Crippen LogP contribution in [0.3, 0.4) is 0 Å². The van der Waals surface area contributed by atoms with Gasteiger partial charge in [0.25, 0.3) is 5.91 Å². The fourth-order valence-electron chi connectivity index (χ4n) is 3.07. The van der Waals surface area contributed by atoms with E-state index < -0.39 is 0 Å². The van der Waals surface area contributed by atoms with Crippen LogP contribution in [-0.2, 0) is 0 Å². The second kappa shape index (κ2) is 5.63. The number of rotatable bonds is 4. The number of H-pyrrole nitrogens is 1. The number of hydrogen-bond donors (Lipinski definition) is 3. The van der Waals surface area contributed by atoms with E-state index in [1.54, 1.807) is 0 Å². The van der Waals surface area contributed by atoms with E-state index in [1.165, 1.54) is 0 Å². The van der Waals surface area contributed by atoms with Crippen molar-refractivity contribution in [3.8, 4) is 0 Å². The largest absolute Gasteiger partial charge is 0.396 e. The molecule has 0 saturated heterocycles. The molecule has 1 aromatic carbocycles. The molecule has 5 nitrogen and oxygen atoms in total. The van der Waals surface area contributed by atoms with Crippen LogP contribution < -0.4 is 5.32 Å². The van der Waals surface area contributed by atoms with Crippen molar-refractivity contribution >= 4 is 16.8 Å².